The van der Waals surface area contributed by atoms with Gasteiger partial charge >= 0.3 is 5.97 Å². The fourth-order valence-corrected chi connectivity index (χ4v) is 1.36. The van der Waals surface area contributed by atoms with Gasteiger partial charge in [-0.3, -0.25) is 0 Å². The lowest BCUT2D eigenvalue weighted by Gasteiger charge is -2.11. The van der Waals surface area contributed by atoms with Crippen LogP contribution in [0.2, 0.25) is 0 Å². The second-order valence-corrected chi connectivity index (χ2v) is 3.36. The minimum atomic E-state index is -0.407. The topological polar surface area (TPSA) is 72.5 Å². The molecular weight excluding hydrogens is 194 g/mol. The molecule has 0 saturated carbocycles. The molecule has 0 radical (unpaired) electrons. The minimum Gasteiger partial charge on any atom is -0.465 e. The summed E-state index contributed by atoms with van der Waals surface area (Å²) in [5, 5.41) is 8.89. The van der Waals surface area contributed by atoms with Crippen molar-refractivity contribution >= 4 is 5.97 Å². The van der Waals surface area contributed by atoms with Crippen molar-refractivity contribution < 1.29 is 14.6 Å². The van der Waals surface area contributed by atoms with Crippen molar-refractivity contribution in [3.8, 4) is 0 Å². The second-order valence-electron chi connectivity index (χ2n) is 3.36. The number of aryl methyl sites for hydroxylation is 1. The Morgan fingerprint density at radius 3 is 2.73 bits per heavy atom. The Morgan fingerprint density at radius 1 is 1.60 bits per heavy atom. The number of hydrogen-bond donors (Lipinski definition) is 2. The molecule has 0 aliphatic rings. The zero-order valence-corrected chi connectivity index (χ0v) is 8.86. The summed E-state index contributed by atoms with van der Waals surface area (Å²) in [5.41, 5.74) is 7.78. The van der Waals surface area contributed by atoms with Gasteiger partial charge in [-0.1, -0.05) is 12.1 Å². The molecule has 3 N–H and O–H groups in total. The molecule has 1 atom stereocenters. The number of carbonyl (C=O) groups is 1. The SMILES string of the molecule is COC(=O)c1ccc(C(N)CO)cc1C. The average Bonchev–Trinajstić information content (AvgIpc) is 2.26. The Hall–Kier alpha value is -1.39. The smallest absolute Gasteiger partial charge is 0.338 e. The Balaban J connectivity index is 3.03. The maximum absolute atomic E-state index is 11.3. The first kappa shape index (κ1) is 11.7. The van der Waals surface area contributed by atoms with Crippen LogP contribution in [0.4, 0.5) is 0 Å². The number of rotatable bonds is 3. The molecule has 4 heteroatoms. The summed E-state index contributed by atoms with van der Waals surface area (Å²) in [7, 11) is 1.34. The van der Waals surface area contributed by atoms with E-state index in [1.165, 1.54) is 7.11 Å². The van der Waals surface area contributed by atoms with Gasteiger partial charge in [0.2, 0.25) is 0 Å². The lowest BCUT2D eigenvalue weighted by atomic mass is 10.0. The number of carbonyl (C=O) groups excluding carboxylic acids is 1. The number of hydrogen-bond acceptors (Lipinski definition) is 4. The van der Waals surface area contributed by atoms with Crippen LogP contribution in [0.1, 0.15) is 27.5 Å². The highest BCUT2D eigenvalue weighted by Gasteiger charge is 2.11. The Morgan fingerprint density at radius 2 is 2.27 bits per heavy atom. The molecule has 0 fully saturated rings. The third-order valence-electron chi connectivity index (χ3n) is 2.28. The molecule has 0 heterocycles. The molecule has 0 aliphatic carbocycles. The lowest BCUT2D eigenvalue weighted by molar-refractivity contribution is 0.0600. The average molecular weight is 209 g/mol. The van der Waals surface area contributed by atoms with E-state index >= 15 is 0 Å². The molecule has 0 aliphatic heterocycles. The largest absolute Gasteiger partial charge is 0.465 e. The molecule has 1 rings (SSSR count). The van der Waals surface area contributed by atoms with Gasteiger partial charge in [-0.05, 0) is 24.1 Å². The van der Waals surface area contributed by atoms with Crippen molar-refractivity contribution in [2.24, 2.45) is 5.73 Å². The summed E-state index contributed by atoms with van der Waals surface area (Å²) in [6.07, 6.45) is 0. The van der Waals surface area contributed by atoms with Gasteiger partial charge in [-0.2, -0.15) is 0 Å². The van der Waals surface area contributed by atoms with E-state index in [4.69, 9.17) is 10.8 Å². The lowest BCUT2D eigenvalue weighted by Crippen LogP contribution is -2.15. The summed E-state index contributed by atoms with van der Waals surface area (Å²) in [6.45, 7) is 1.69. The maximum atomic E-state index is 11.3. The number of ether oxygens (including phenoxy) is 1. The monoisotopic (exact) mass is 209 g/mol. The van der Waals surface area contributed by atoms with Gasteiger partial charge in [0, 0.05) is 0 Å². The third kappa shape index (κ3) is 2.55. The summed E-state index contributed by atoms with van der Waals surface area (Å²) in [4.78, 5) is 11.3. The van der Waals surface area contributed by atoms with Crippen molar-refractivity contribution in [3.63, 3.8) is 0 Å². The van der Waals surface area contributed by atoms with Crippen LogP contribution < -0.4 is 5.73 Å². The van der Waals surface area contributed by atoms with Crippen LogP contribution in [0.3, 0.4) is 0 Å². The zero-order chi connectivity index (χ0) is 11.4. The van der Waals surface area contributed by atoms with Gasteiger partial charge in [0.25, 0.3) is 0 Å². The van der Waals surface area contributed by atoms with Crippen molar-refractivity contribution in [2.75, 3.05) is 13.7 Å². The van der Waals surface area contributed by atoms with Crippen LogP contribution in [-0.4, -0.2) is 24.8 Å². The molecule has 1 unspecified atom stereocenters. The summed E-state index contributed by atoms with van der Waals surface area (Å²) >= 11 is 0. The predicted molar refractivity (Wildman–Crippen MR) is 56.5 cm³/mol. The molecule has 1 aromatic rings. The van der Waals surface area contributed by atoms with E-state index in [-0.39, 0.29) is 12.6 Å². The first-order valence-corrected chi connectivity index (χ1v) is 4.65. The molecular formula is C11H15NO3. The number of esters is 1. The van der Waals surface area contributed by atoms with Crippen molar-refractivity contribution in [2.45, 2.75) is 13.0 Å². The highest BCUT2D eigenvalue weighted by molar-refractivity contribution is 5.90. The number of benzene rings is 1. The van der Waals surface area contributed by atoms with Gasteiger partial charge in [-0.15, -0.1) is 0 Å². The third-order valence-corrected chi connectivity index (χ3v) is 2.28. The number of aliphatic hydroxyl groups is 1. The quantitative estimate of drug-likeness (QED) is 0.721. The van der Waals surface area contributed by atoms with Crippen LogP contribution in [0.25, 0.3) is 0 Å². The molecule has 0 bridgehead atoms. The molecule has 0 saturated heterocycles. The van der Waals surface area contributed by atoms with Gasteiger partial charge in [0.05, 0.1) is 25.3 Å². The van der Waals surface area contributed by atoms with Gasteiger partial charge in [-0.25, -0.2) is 4.79 Å². The predicted octanol–water partition coefficient (Wildman–Crippen LogP) is 0.774. The molecule has 82 valence electrons. The summed E-state index contributed by atoms with van der Waals surface area (Å²) < 4.78 is 4.62. The van der Waals surface area contributed by atoms with Crippen LogP contribution >= 0.6 is 0 Å². The van der Waals surface area contributed by atoms with Crippen LogP contribution in [-0.2, 0) is 4.74 Å². The van der Waals surface area contributed by atoms with Crippen LogP contribution in [0, 0.1) is 6.92 Å². The van der Waals surface area contributed by atoms with Gasteiger partial charge in [0.1, 0.15) is 0 Å². The summed E-state index contributed by atoms with van der Waals surface area (Å²) in [6, 6.07) is 4.76. The molecule has 0 amide bonds. The Labute approximate surface area is 88.7 Å². The number of methoxy groups -OCH3 is 1. The van der Waals surface area contributed by atoms with E-state index in [0.717, 1.165) is 11.1 Å². The Kier molecular flexibility index (Phi) is 3.82. The first-order chi connectivity index (χ1) is 7.10. The highest BCUT2D eigenvalue weighted by Crippen LogP contribution is 2.16. The number of aliphatic hydroxyl groups excluding tert-OH is 1. The Bertz CT molecular complexity index is 363. The van der Waals surface area contributed by atoms with Crippen LogP contribution in [0.15, 0.2) is 18.2 Å². The minimum absolute atomic E-state index is 0.114. The highest BCUT2D eigenvalue weighted by atomic mass is 16.5. The van der Waals surface area contributed by atoms with Crippen molar-refractivity contribution in [1.29, 1.82) is 0 Å². The zero-order valence-electron chi connectivity index (χ0n) is 8.86. The normalized spacial score (nSPS) is 12.3. The van der Waals surface area contributed by atoms with E-state index < -0.39 is 6.04 Å². The van der Waals surface area contributed by atoms with Gasteiger partial charge in [0.15, 0.2) is 0 Å². The molecule has 0 spiro atoms. The van der Waals surface area contributed by atoms with Crippen molar-refractivity contribution in [3.05, 3.63) is 34.9 Å². The van der Waals surface area contributed by atoms with Gasteiger partial charge < -0.3 is 15.6 Å². The summed E-state index contributed by atoms with van der Waals surface area (Å²) in [5.74, 6) is -0.364. The van der Waals surface area contributed by atoms with Crippen molar-refractivity contribution in [1.82, 2.24) is 0 Å². The van der Waals surface area contributed by atoms with E-state index in [9.17, 15) is 4.79 Å². The van der Waals surface area contributed by atoms with E-state index in [2.05, 4.69) is 4.74 Å². The van der Waals surface area contributed by atoms with E-state index in [0.29, 0.717) is 5.56 Å². The standard InChI is InChI=1S/C11H15NO3/c1-7-5-8(10(12)6-13)3-4-9(7)11(14)15-2/h3-5,10,13H,6,12H2,1-2H3. The fraction of sp³-hybridized carbons (Fsp3) is 0.364. The molecule has 4 nitrogen and oxygen atoms in total. The van der Waals surface area contributed by atoms with E-state index in [1.54, 1.807) is 25.1 Å². The molecule has 15 heavy (non-hydrogen) atoms. The molecule has 0 aromatic heterocycles. The second kappa shape index (κ2) is 4.91. The van der Waals surface area contributed by atoms with E-state index in [1.807, 2.05) is 0 Å². The van der Waals surface area contributed by atoms with Crippen LogP contribution in [0.5, 0.6) is 0 Å². The molecule has 1 aromatic carbocycles. The first-order valence-electron chi connectivity index (χ1n) is 4.65. The fourth-order valence-electron chi connectivity index (χ4n) is 1.36. The number of nitrogens with two attached hydrogens (primary N) is 1. The maximum Gasteiger partial charge on any atom is 0.338 e.